The highest BCUT2D eigenvalue weighted by molar-refractivity contribution is 4.90. The van der Waals surface area contributed by atoms with E-state index in [9.17, 15) is 0 Å². The van der Waals surface area contributed by atoms with Gasteiger partial charge in [-0.05, 0) is 70.3 Å². The highest BCUT2D eigenvalue weighted by Crippen LogP contribution is 2.37. The van der Waals surface area contributed by atoms with Gasteiger partial charge in [0.25, 0.3) is 0 Å². The van der Waals surface area contributed by atoms with E-state index in [1.54, 1.807) is 0 Å². The molecule has 2 atom stereocenters. The Kier molecular flexibility index (Phi) is 6.97. The van der Waals surface area contributed by atoms with Gasteiger partial charge in [0.15, 0.2) is 0 Å². The van der Waals surface area contributed by atoms with Crippen molar-refractivity contribution in [2.24, 2.45) is 5.92 Å². The average molecular weight is 297 g/mol. The third-order valence-corrected chi connectivity index (χ3v) is 5.39. The van der Waals surface area contributed by atoms with Crippen LogP contribution in [0.15, 0.2) is 0 Å². The van der Waals surface area contributed by atoms with E-state index in [0.717, 1.165) is 25.4 Å². The van der Waals surface area contributed by atoms with Gasteiger partial charge < -0.3 is 14.8 Å². The fourth-order valence-electron chi connectivity index (χ4n) is 3.89. The molecule has 2 aliphatic rings. The monoisotopic (exact) mass is 297 g/mol. The third kappa shape index (κ3) is 5.22. The van der Waals surface area contributed by atoms with Gasteiger partial charge in [0.1, 0.15) is 0 Å². The van der Waals surface area contributed by atoms with Crippen molar-refractivity contribution >= 4 is 0 Å². The summed E-state index contributed by atoms with van der Waals surface area (Å²) in [5.74, 6) is 0.867. The van der Waals surface area contributed by atoms with Crippen LogP contribution in [-0.2, 0) is 9.47 Å². The van der Waals surface area contributed by atoms with E-state index in [4.69, 9.17) is 9.47 Å². The van der Waals surface area contributed by atoms with Crippen molar-refractivity contribution < 1.29 is 9.47 Å². The molecule has 2 aliphatic carbocycles. The van der Waals surface area contributed by atoms with E-state index in [2.05, 4.69) is 19.2 Å². The normalized spacial score (nSPS) is 37.6. The van der Waals surface area contributed by atoms with E-state index >= 15 is 0 Å². The van der Waals surface area contributed by atoms with Crippen LogP contribution in [0.25, 0.3) is 0 Å². The van der Waals surface area contributed by atoms with Gasteiger partial charge in [-0.3, -0.25) is 0 Å². The second-order valence-electron chi connectivity index (χ2n) is 7.31. The van der Waals surface area contributed by atoms with E-state index in [1.165, 1.54) is 51.4 Å². The summed E-state index contributed by atoms with van der Waals surface area (Å²) in [5.41, 5.74) is 0.0853. The number of nitrogens with one attached hydrogen (secondary N) is 1. The molecule has 21 heavy (non-hydrogen) atoms. The van der Waals surface area contributed by atoms with Crippen molar-refractivity contribution in [3.05, 3.63) is 0 Å². The molecule has 2 unspecified atom stereocenters. The first-order valence-electron chi connectivity index (χ1n) is 9.09. The van der Waals surface area contributed by atoms with E-state index < -0.39 is 0 Å². The van der Waals surface area contributed by atoms with E-state index in [-0.39, 0.29) is 5.60 Å². The number of hydrogen-bond donors (Lipinski definition) is 1. The summed E-state index contributed by atoms with van der Waals surface area (Å²) >= 11 is 0. The van der Waals surface area contributed by atoms with Crippen LogP contribution < -0.4 is 5.32 Å². The molecule has 0 aliphatic heterocycles. The van der Waals surface area contributed by atoms with Crippen LogP contribution >= 0.6 is 0 Å². The summed E-state index contributed by atoms with van der Waals surface area (Å²) in [7, 11) is 1.84. The maximum atomic E-state index is 6.70. The Bertz CT molecular complexity index is 287. The summed E-state index contributed by atoms with van der Waals surface area (Å²) in [6, 6.07) is 0. The van der Waals surface area contributed by atoms with Crippen LogP contribution in [0, 0.1) is 5.92 Å². The van der Waals surface area contributed by atoms with E-state index in [0.29, 0.717) is 12.2 Å². The summed E-state index contributed by atoms with van der Waals surface area (Å²) in [5, 5.41) is 3.62. The molecule has 0 heterocycles. The Balaban J connectivity index is 1.91. The topological polar surface area (TPSA) is 30.5 Å². The Morgan fingerprint density at radius 1 is 1.10 bits per heavy atom. The molecule has 2 fully saturated rings. The molecule has 0 radical (unpaired) electrons. The minimum absolute atomic E-state index is 0.0853. The molecule has 0 saturated heterocycles. The Morgan fingerprint density at radius 2 is 1.81 bits per heavy atom. The zero-order valence-corrected chi connectivity index (χ0v) is 14.3. The van der Waals surface area contributed by atoms with Crippen molar-refractivity contribution in [3.63, 3.8) is 0 Å². The number of rotatable bonds is 7. The van der Waals surface area contributed by atoms with E-state index in [1.807, 2.05) is 7.11 Å². The summed E-state index contributed by atoms with van der Waals surface area (Å²) < 4.78 is 12.3. The summed E-state index contributed by atoms with van der Waals surface area (Å²) in [4.78, 5) is 0. The van der Waals surface area contributed by atoms with Gasteiger partial charge in [0.2, 0.25) is 0 Å². The first kappa shape index (κ1) is 17.2. The van der Waals surface area contributed by atoms with Gasteiger partial charge in [-0.15, -0.1) is 0 Å². The lowest BCUT2D eigenvalue weighted by Crippen LogP contribution is -2.49. The van der Waals surface area contributed by atoms with Crippen molar-refractivity contribution in [2.75, 3.05) is 20.2 Å². The fourth-order valence-corrected chi connectivity index (χ4v) is 3.89. The zero-order valence-electron chi connectivity index (χ0n) is 14.3. The molecule has 0 bridgehead atoms. The Morgan fingerprint density at radius 3 is 2.48 bits per heavy atom. The lowest BCUT2D eigenvalue weighted by atomic mass is 9.78. The molecule has 2 rings (SSSR count). The van der Waals surface area contributed by atoms with Crippen molar-refractivity contribution in [3.8, 4) is 0 Å². The third-order valence-electron chi connectivity index (χ3n) is 5.39. The molecule has 2 saturated carbocycles. The maximum Gasteiger partial charge on any atom is 0.0810 e. The van der Waals surface area contributed by atoms with Crippen molar-refractivity contribution in [2.45, 2.75) is 89.4 Å². The molecule has 0 amide bonds. The van der Waals surface area contributed by atoms with Gasteiger partial charge in [-0.2, -0.15) is 0 Å². The highest BCUT2D eigenvalue weighted by Gasteiger charge is 2.38. The lowest BCUT2D eigenvalue weighted by molar-refractivity contribution is -0.140. The summed E-state index contributed by atoms with van der Waals surface area (Å²) in [6.07, 6.45) is 11.8. The minimum atomic E-state index is 0.0853. The first-order valence-corrected chi connectivity index (χ1v) is 9.09. The second-order valence-corrected chi connectivity index (χ2v) is 7.31. The molecule has 0 spiro atoms. The molecule has 0 aromatic carbocycles. The predicted octanol–water partition coefficient (Wildman–Crippen LogP) is 3.91. The Hall–Kier alpha value is -0.120. The van der Waals surface area contributed by atoms with Crippen LogP contribution in [-0.4, -0.2) is 38.0 Å². The molecule has 0 aromatic rings. The summed E-state index contributed by atoms with van der Waals surface area (Å²) in [6.45, 7) is 6.74. The van der Waals surface area contributed by atoms with Gasteiger partial charge in [-0.1, -0.05) is 13.8 Å². The molecular formula is C18H35NO2. The number of methoxy groups -OCH3 is 1. The standard InChI is InChI=1S/C18H35NO2/c1-4-12-19-14-18(10-8-15(2)9-11-18)21-17-7-5-6-16(13-17)20-3/h15-17,19H,4-14H2,1-3H3. The second kappa shape index (κ2) is 8.50. The number of ether oxygens (including phenoxy) is 2. The van der Waals surface area contributed by atoms with Crippen LogP contribution in [0.3, 0.4) is 0 Å². The smallest absolute Gasteiger partial charge is 0.0810 e. The van der Waals surface area contributed by atoms with Gasteiger partial charge in [0.05, 0.1) is 17.8 Å². The Labute approximate surface area is 131 Å². The van der Waals surface area contributed by atoms with Gasteiger partial charge >= 0.3 is 0 Å². The minimum Gasteiger partial charge on any atom is -0.381 e. The van der Waals surface area contributed by atoms with Crippen molar-refractivity contribution in [1.82, 2.24) is 5.32 Å². The zero-order chi connectivity index (χ0) is 15.1. The lowest BCUT2D eigenvalue weighted by Gasteiger charge is -2.43. The van der Waals surface area contributed by atoms with Crippen molar-refractivity contribution in [1.29, 1.82) is 0 Å². The average Bonchev–Trinajstić information content (AvgIpc) is 2.51. The molecule has 3 heteroatoms. The first-order chi connectivity index (χ1) is 10.2. The highest BCUT2D eigenvalue weighted by atomic mass is 16.5. The molecule has 3 nitrogen and oxygen atoms in total. The molecule has 1 N–H and O–H groups in total. The molecule has 0 aromatic heterocycles. The van der Waals surface area contributed by atoms with Crippen LogP contribution in [0.1, 0.15) is 71.6 Å². The predicted molar refractivity (Wildman–Crippen MR) is 87.7 cm³/mol. The molecular weight excluding hydrogens is 262 g/mol. The van der Waals surface area contributed by atoms with Crippen LogP contribution in [0.4, 0.5) is 0 Å². The van der Waals surface area contributed by atoms with Crippen LogP contribution in [0.5, 0.6) is 0 Å². The van der Waals surface area contributed by atoms with Crippen LogP contribution in [0.2, 0.25) is 0 Å². The molecule has 124 valence electrons. The largest absolute Gasteiger partial charge is 0.381 e. The SMILES string of the molecule is CCCNCC1(OC2CCCC(OC)C2)CCC(C)CC1. The van der Waals surface area contributed by atoms with Gasteiger partial charge in [-0.25, -0.2) is 0 Å². The van der Waals surface area contributed by atoms with Gasteiger partial charge in [0, 0.05) is 13.7 Å². The number of hydrogen-bond acceptors (Lipinski definition) is 3. The quantitative estimate of drug-likeness (QED) is 0.723. The maximum absolute atomic E-state index is 6.70. The fraction of sp³-hybridized carbons (Fsp3) is 1.00.